The monoisotopic (exact) mass is 302 g/mol. The molecule has 0 fully saturated rings. The normalized spacial score (nSPS) is 12.4. The van der Waals surface area contributed by atoms with E-state index in [1.807, 2.05) is 11.3 Å². The Bertz CT molecular complexity index is 548. The Morgan fingerprint density at radius 2 is 2.10 bits per heavy atom. The molecule has 0 radical (unpaired) electrons. The van der Waals surface area contributed by atoms with Crippen LogP contribution >= 0.6 is 11.3 Å². The second-order valence-electron chi connectivity index (χ2n) is 5.64. The topological polar surface area (TPSA) is 15.3 Å². The minimum atomic E-state index is 0.502. The lowest BCUT2D eigenvalue weighted by Gasteiger charge is -2.28. The van der Waals surface area contributed by atoms with Crippen molar-refractivity contribution in [2.75, 3.05) is 18.5 Å². The summed E-state index contributed by atoms with van der Waals surface area (Å²) >= 11 is 1.84. The summed E-state index contributed by atoms with van der Waals surface area (Å²) in [5, 5.41) is 5.54. The van der Waals surface area contributed by atoms with Gasteiger partial charge in [-0.05, 0) is 49.0 Å². The molecule has 114 valence electrons. The number of nitrogens with zero attached hydrogens (tertiary/aromatic N) is 1. The minimum Gasteiger partial charge on any atom is -0.371 e. The first-order valence-corrected chi connectivity index (χ1v) is 8.55. The average Bonchev–Trinajstić information content (AvgIpc) is 2.97. The van der Waals surface area contributed by atoms with Crippen molar-refractivity contribution < 1.29 is 0 Å². The van der Waals surface area contributed by atoms with Gasteiger partial charge in [-0.2, -0.15) is 0 Å². The molecule has 3 heteroatoms. The lowest BCUT2D eigenvalue weighted by molar-refractivity contribution is 0.685. The molecule has 1 unspecified atom stereocenters. The zero-order chi connectivity index (χ0) is 15.2. The van der Waals surface area contributed by atoms with Gasteiger partial charge in [0.2, 0.25) is 0 Å². The summed E-state index contributed by atoms with van der Waals surface area (Å²) in [6, 6.07) is 11.6. The molecule has 1 N–H and O–H groups in total. The predicted molar refractivity (Wildman–Crippen MR) is 94.4 cm³/mol. The summed E-state index contributed by atoms with van der Waals surface area (Å²) < 4.78 is 0. The van der Waals surface area contributed by atoms with E-state index < -0.39 is 0 Å². The number of likely N-dealkylation sites (N-methyl/N-ethyl adjacent to an activating group) is 1. The first kappa shape index (κ1) is 16.1. The molecule has 0 saturated heterocycles. The van der Waals surface area contributed by atoms with E-state index in [0.717, 1.165) is 19.5 Å². The molecule has 21 heavy (non-hydrogen) atoms. The van der Waals surface area contributed by atoms with Gasteiger partial charge in [-0.1, -0.05) is 25.1 Å². The summed E-state index contributed by atoms with van der Waals surface area (Å²) in [7, 11) is 2.20. The van der Waals surface area contributed by atoms with E-state index in [0.29, 0.717) is 6.04 Å². The minimum absolute atomic E-state index is 0.502. The summed E-state index contributed by atoms with van der Waals surface area (Å²) in [5.74, 6) is 0. The molecule has 0 aliphatic rings. The fourth-order valence-corrected chi connectivity index (χ4v) is 3.41. The lowest BCUT2D eigenvalue weighted by atomic mass is 10.1. The Morgan fingerprint density at radius 3 is 2.71 bits per heavy atom. The Labute approximate surface area is 132 Å². The van der Waals surface area contributed by atoms with Crippen molar-refractivity contribution in [1.29, 1.82) is 0 Å². The quantitative estimate of drug-likeness (QED) is 0.823. The second-order valence-corrected chi connectivity index (χ2v) is 6.68. The molecule has 1 aromatic heterocycles. The van der Waals surface area contributed by atoms with Gasteiger partial charge in [0.25, 0.3) is 0 Å². The average molecular weight is 302 g/mol. The van der Waals surface area contributed by atoms with Crippen LogP contribution in [0.15, 0.2) is 35.7 Å². The lowest BCUT2D eigenvalue weighted by Crippen LogP contribution is -2.31. The highest BCUT2D eigenvalue weighted by molar-refractivity contribution is 7.09. The third kappa shape index (κ3) is 4.32. The molecule has 0 aliphatic heterocycles. The molecule has 1 atom stereocenters. The molecule has 0 aliphatic carbocycles. The first-order valence-electron chi connectivity index (χ1n) is 7.67. The van der Waals surface area contributed by atoms with Crippen molar-refractivity contribution in [1.82, 2.24) is 5.32 Å². The smallest absolute Gasteiger partial charge is 0.0396 e. The van der Waals surface area contributed by atoms with Crippen molar-refractivity contribution in [2.45, 2.75) is 39.8 Å². The van der Waals surface area contributed by atoms with E-state index in [-0.39, 0.29) is 0 Å². The number of rotatable bonds is 7. The van der Waals surface area contributed by atoms with Crippen LogP contribution in [0.4, 0.5) is 5.69 Å². The maximum absolute atomic E-state index is 3.38. The van der Waals surface area contributed by atoms with E-state index in [9.17, 15) is 0 Å². The highest BCUT2D eigenvalue weighted by atomic mass is 32.1. The van der Waals surface area contributed by atoms with Crippen molar-refractivity contribution in [2.24, 2.45) is 0 Å². The predicted octanol–water partition coefficient (Wildman–Crippen LogP) is 4.23. The number of thiophene rings is 1. The first-order chi connectivity index (χ1) is 10.1. The largest absolute Gasteiger partial charge is 0.371 e. The summed E-state index contributed by atoms with van der Waals surface area (Å²) in [6.07, 6.45) is 1.10. The molecule has 0 bridgehead atoms. The van der Waals surface area contributed by atoms with Crippen LogP contribution in [0.2, 0.25) is 0 Å². The van der Waals surface area contributed by atoms with E-state index in [2.05, 4.69) is 73.7 Å². The van der Waals surface area contributed by atoms with Gasteiger partial charge in [0.05, 0.1) is 0 Å². The van der Waals surface area contributed by atoms with Crippen molar-refractivity contribution in [3.8, 4) is 0 Å². The number of anilines is 1. The number of nitrogens with one attached hydrogen (secondary N) is 1. The molecule has 2 rings (SSSR count). The standard InChI is InChI=1S/C18H26N2S/c1-5-19-13-16-8-9-18(14(2)11-16)20(4)15(3)12-17-7-6-10-21-17/h6-11,15,19H,5,12-13H2,1-4H3. The maximum atomic E-state index is 3.38. The van der Waals surface area contributed by atoms with E-state index in [4.69, 9.17) is 0 Å². The van der Waals surface area contributed by atoms with Crippen LogP contribution in [0.3, 0.4) is 0 Å². The Hall–Kier alpha value is -1.32. The van der Waals surface area contributed by atoms with Gasteiger partial charge >= 0.3 is 0 Å². The number of hydrogen-bond acceptors (Lipinski definition) is 3. The number of hydrogen-bond donors (Lipinski definition) is 1. The van der Waals surface area contributed by atoms with Crippen LogP contribution < -0.4 is 10.2 Å². The van der Waals surface area contributed by atoms with Gasteiger partial charge in [-0.3, -0.25) is 0 Å². The third-order valence-corrected chi connectivity index (χ3v) is 4.86. The fourth-order valence-electron chi connectivity index (χ4n) is 2.59. The zero-order valence-electron chi connectivity index (χ0n) is 13.5. The van der Waals surface area contributed by atoms with Crippen LogP contribution in [0.1, 0.15) is 29.9 Å². The van der Waals surface area contributed by atoms with E-state index in [1.165, 1.54) is 21.7 Å². The summed E-state index contributed by atoms with van der Waals surface area (Å²) in [4.78, 5) is 3.85. The number of aryl methyl sites for hydroxylation is 1. The van der Waals surface area contributed by atoms with Crippen LogP contribution in [0.5, 0.6) is 0 Å². The Kier molecular flexibility index (Phi) is 5.83. The van der Waals surface area contributed by atoms with Crippen molar-refractivity contribution >= 4 is 17.0 Å². The molecule has 1 aromatic carbocycles. The molecule has 0 spiro atoms. The zero-order valence-corrected chi connectivity index (χ0v) is 14.3. The second kappa shape index (κ2) is 7.62. The highest BCUT2D eigenvalue weighted by Crippen LogP contribution is 2.24. The highest BCUT2D eigenvalue weighted by Gasteiger charge is 2.13. The Balaban J connectivity index is 2.05. The molecule has 0 amide bonds. The molecule has 2 aromatic rings. The van der Waals surface area contributed by atoms with Gasteiger partial charge in [0, 0.05) is 36.6 Å². The van der Waals surface area contributed by atoms with Gasteiger partial charge < -0.3 is 10.2 Å². The van der Waals surface area contributed by atoms with Crippen molar-refractivity contribution in [3.63, 3.8) is 0 Å². The maximum Gasteiger partial charge on any atom is 0.0396 e. The van der Waals surface area contributed by atoms with Gasteiger partial charge in [0.1, 0.15) is 0 Å². The summed E-state index contributed by atoms with van der Waals surface area (Å²) in [5.41, 5.74) is 4.04. The SMILES string of the molecule is CCNCc1ccc(N(C)C(C)Cc2cccs2)c(C)c1. The van der Waals surface area contributed by atoms with Crippen LogP contribution in [0, 0.1) is 6.92 Å². The molecule has 2 nitrogen and oxygen atoms in total. The molecule has 0 saturated carbocycles. The third-order valence-electron chi connectivity index (χ3n) is 3.96. The Morgan fingerprint density at radius 1 is 1.29 bits per heavy atom. The molecular weight excluding hydrogens is 276 g/mol. The van der Waals surface area contributed by atoms with Gasteiger partial charge in [0.15, 0.2) is 0 Å². The van der Waals surface area contributed by atoms with Crippen molar-refractivity contribution in [3.05, 3.63) is 51.7 Å². The van der Waals surface area contributed by atoms with E-state index in [1.54, 1.807) is 0 Å². The summed E-state index contributed by atoms with van der Waals surface area (Å²) in [6.45, 7) is 8.61. The molecular formula is C18H26N2S. The van der Waals surface area contributed by atoms with Crippen LogP contribution in [-0.4, -0.2) is 19.6 Å². The van der Waals surface area contributed by atoms with Crippen LogP contribution in [-0.2, 0) is 13.0 Å². The van der Waals surface area contributed by atoms with Crippen LogP contribution in [0.25, 0.3) is 0 Å². The van der Waals surface area contributed by atoms with E-state index >= 15 is 0 Å². The van der Waals surface area contributed by atoms with Gasteiger partial charge in [-0.15, -0.1) is 11.3 Å². The molecule has 1 heterocycles. The number of benzene rings is 1. The van der Waals surface area contributed by atoms with Gasteiger partial charge in [-0.25, -0.2) is 0 Å². The fraction of sp³-hybridized carbons (Fsp3) is 0.444.